The van der Waals surface area contributed by atoms with Crippen LogP contribution in [0.4, 0.5) is 23.0 Å². The Morgan fingerprint density at radius 2 is 1.97 bits per heavy atom. The van der Waals surface area contributed by atoms with Crippen LogP contribution < -0.4 is 10.2 Å². The molecule has 0 fully saturated rings. The van der Waals surface area contributed by atoms with Crippen LogP contribution in [0, 0.1) is 0 Å². The van der Waals surface area contributed by atoms with E-state index in [9.17, 15) is 4.79 Å². The molecule has 3 heterocycles. The maximum Gasteiger partial charge on any atom is 0.303 e. The summed E-state index contributed by atoms with van der Waals surface area (Å²) >= 11 is 0. The zero-order chi connectivity index (χ0) is 20.4. The first-order valence-electron chi connectivity index (χ1n) is 9.13. The normalized spacial score (nSPS) is 12.0. The summed E-state index contributed by atoms with van der Waals surface area (Å²) in [5.41, 5.74) is 5.53. The number of rotatable bonds is 5. The minimum absolute atomic E-state index is 0.129. The Labute approximate surface area is 168 Å². The van der Waals surface area contributed by atoms with Crippen molar-refractivity contribution < 1.29 is 14.3 Å². The van der Waals surface area contributed by atoms with Crippen LogP contribution in [0.3, 0.4) is 0 Å². The highest BCUT2D eigenvalue weighted by atomic mass is 16.5. The number of esters is 1. The Morgan fingerprint density at radius 1 is 1.14 bits per heavy atom. The smallest absolute Gasteiger partial charge is 0.303 e. The van der Waals surface area contributed by atoms with Gasteiger partial charge in [-0.1, -0.05) is 6.07 Å². The van der Waals surface area contributed by atoms with Crippen molar-refractivity contribution in [3.63, 3.8) is 0 Å². The van der Waals surface area contributed by atoms with Gasteiger partial charge < -0.3 is 19.7 Å². The van der Waals surface area contributed by atoms with E-state index in [4.69, 9.17) is 9.47 Å². The zero-order valence-electron chi connectivity index (χ0n) is 16.5. The van der Waals surface area contributed by atoms with Gasteiger partial charge in [0.2, 0.25) is 0 Å². The number of pyridine rings is 1. The quantitative estimate of drug-likeness (QED) is 0.660. The molecule has 0 atom stereocenters. The number of fused-ring (bicyclic) bond motifs is 2. The lowest BCUT2D eigenvalue weighted by molar-refractivity contribution is -0.142. The highest BCUT2D eigenvalue weighted by molar-refractivity contribution is 5.90. The molecular weight excluding hydrogens is 370 g/mol. The molecule has 3 aromatic rings. The summed E-state index contributed by atoms with van der Waals surface area (Å²) in [5.74, 6) is 1.15. The third kappa shape index (κ3) is 3.74. The van der Waals surface area contributed by atoms with Crippen molar-refractivity contribution in [1.29, 1.82) is 0 Å². The number of hydrogen-bond donors (Lipinski definition) is 1. The van der Waals surface area contributed by atoms with Crippen molar-refractivity contribution >= 4 is 29.0 Å². The maximum atomic E-state index is 11.1. The van der Waals surface area contributed by atoms with E-state index in [0.29, 0.717) is 18.1 Å². The van der Waals surface area contributed by atoms with Gasteiger partial charge in [0, 0.05) is 45.2 Å². The third-order valence-electron chi connectivity index (χ3n) is 4.68. The number of hydrogen-bond acceptors (Lipinski definition) is 8. The van der Waals surface area contributed by atoms with E-state index < -0.39 is 0 Å². The first-order chi connectivity index (χ1) is 14.1. The minimum Gasteiger partial charge on any atom is -0.459 e. The number of anilines is 4. The van der Waals surface area contributed by atoms with E-state index in [0.717, 1.165) is 33.9 Å². The zero-order valence-corrected chi connectivity index (χ0v) is 16.5. The monoisotopic (exact) mass is 391 g/mol. The molecule has 0 saturated heterocycles. The van der Waals surface area contributed by atoms with E-state index in [1.54, 1.807) is 25.7 Å². The Hall–Kier alpha value is -3.52. The molecule has 1 aromatic carbocycles. The summed E-state index contributed by atoms with van der Waals surface area (Å²) < 4.78 is 10.4. The molecule has 0 spiro atoms. The number of benzene rings is 1. The van der Waals surface area contributed by atoms with Crippen LogP contribution >= 0.6 is 0 Å². The van der Waals surface area contributed by atoms with Crippen molar-refractivity contribution in [2.75, 3.05) is 24.4 Å². The van der Waals surface area contributed by atoms with Gasteiger partial charge in [-0.3, -0.25) is 9.78 Å². The first kappa shape index (κ1) is 18.8. The molecular formula is C21H21N5O3. The lowest BCUT2D eigenvalue weighted by Crippen LogP contribution is -2.19. The van der Waals surface area contributed by atoms with E-state index in [2.05, 4.69) is 26.3 Å². The maximum absolute atomic E-state index is 11.1. The van der Waals surface area contributed by atoms with E-state index in [-0.39, 0.29) is 12.6 Å². The van der Waals surface area contributed by atoms with Crippen LogP contribution in [0.15, 0.2) is 42.9 Å². The van der Waals surface area contributed by atoms with Gasteiger partial charge in [0.05, 0.1) is 23.7 Å². The Kier molecular flexibility index (Phi) is 5.09. The second kappa shape index (κ2) is 7.84. The highest BCUT2D eigenvalue weighted by Crippen LogP contribution is 2.42. The molecule has 0 unspecified atom stereocenters. The Morgan fingerprint density at radius 3 is 2.76 bits per heavy atom. The van der Waals surface area contributed by atoms with Gasteiger partial charge in [0.15, 0.2) is 11.6 Å². The molecule has 29 heavy (non-hydrogen) atoms. The fraction of sp³-hybridized carbons (Fsp3) is 0.238. The molecule has 0 saturated carbocycles. The van der Waals surface area contributed by atoms with Crippen molar-refractivity contribution in [2.45, 2.75) is 20.1 Å². The molecule has 0 bridgehead atoms. The summed E-state index contributed by atoms with van der Waals surface area (Å²) in [6.45, 7) is 1.94. The Balaban J connectivity index is 1.73. The molecule has 0 radical (unpaired) electrons. The molecule has 0 aliphatic carbocycles. The fourth-order valence-corrected chi connectivity index (χ4v) is 3.32. The van der Waals surface area contributed by atoms with E-state index in [1.165, 1.54) is 6.92 Å². The van der Waals surface area contributed by atoms with E-state index >= 15 is 0 Å². The lowest BCUT2D eigenvalue weighted by Gasteiger charge is -2.29. The fourth-order valence-electron chi connectivity index (χ4n) is 3.32. The number of methoxy groups -OCH3 is 1. The molecule has 8 nitrogen and oxygen atoms in total. The molecule has 4 rings (SSSR count). The topological polar surface area (TPSA) is 89.5 Å². The predicted molar refractivity (Wildman–Crippen MR) is 109 cm³/mol. The molecule has 8 heteroatoms. The number of carbonyl (C=O) groups excluding carboxylic acids is 1. The summed E-state index contributed by atoms with van der Waals surface area (Å²) in [6.07, 6.45) is 5.10. The number of aromatic nitrogens is 3. The largest absolute Gasteiger partial charge is 0.459 e. The van der Waals surface area contributed by atoms with Crippen molar-refractivity contribution in [3.8, 4) is 11.1 Å². The van der Waals surface area contributed by atoms with Gasteiger partial charge in [-0.15, -0.1) is 0 Å². The van der Waals surface area contributed by atoms with Gasteiger partial charge in [0.1, 0.15) is 6.61 Å². The first-order valence-corrected chi connectivity index (χ1v) is 9.13. The van der Waals surface area contributed by atoms with Crippen LogP contribution in [0.5, 0.6) is 0 Å². The highest BCUT2D eigenvalue weighted by Gasteiger charge is 2.22. The molecule has 1 aliphatic rings. The summed E-state index contributed by atoms with van der Waals surface area (Å²) in [5, 5.41) is 3.36. The Bertz CT molecular complexity index is 1070. The summed E-state index contributed by atoms with van der Waals surface area (Å²) in [6, 6.07) is 8.08. The molecule has 148 valence electrons. The summed E-state index contributed by atoms with van der Waals surface area (Å²) in [4.78, 5) is 26.3. The van der Waals surface area contributed by atoms with Gasteiger partial charge in [0.25, 0.3) is 0 Å². The molecule has 1 aliphatic heterocycles. The number of nitrogens with one attached hydrogen (secondary N) is 1. The van der Waals surface area contributed by atoms with E-state index in [1.807, 2.05) is 30.1 Å². The predicted octanol–water partition coefficient (Wildman–Crippen LogP) is 3.57. The van der Waals surface area contributed by atoms with Gasteiger partial charge in [-0.25, -0.2) is 9.97 Å². The van der Waals surface area contributed by atoms with Crippen LogP contribution in [-0.4, -0.2) is 35.1 Å². The standard InChI is InChI=1S/C21H21N5O3/c1-13(27)29-12-16-9-17(15(10-24-16)11-28-3)14-4-5-19-18(8-14)25-20-21(26(19)2)23-7-6-22-20/h4-10H,11-12H2,1-3H3,(H,22,25). The molecule has 1 N–H and O–H groups in total. The minimum atomic E-state index is -0.338. The second-order valence-electron chi connectivity index (χ2n) is 6.69. The molecule has 0 amide bonds. The van der Waals surface area contributed by atoms with Crippen LogP contribution in [0.2, 0.25) is 0 Å². The lowest BCUT2D eigenvalue weighted by atomic mass is 9.99. The molecule has 2 aromatic heterocycles. The van der Waals surface area contributed by atoms with Crippen molar-refractivity contribution in [1.82, 2.24) is 15.0 Å². The van der Waals surface area contributed by atoms with Gasteiger partial charge in [-0.2, -0.15) is 0 Å². The second-order valence-corrected chi connectivity index (χ2v) is 6.69. The average Bonchev–Trinajstić information content (AvgIpc) is 2.73. The van der Waals surface area contributed by atoms with Crippen molar-refractivity contribution in [2.24, 2.45) is 0 Å². The average molecular weight is 391 g/mol. The SMILES string of the molecule is COCc1cnc(COC(C)=O)cc1-c1ccc2c(c1)Nc1nccnc1N2C. The number of nitrogens with zero attached hydrogens (tertiary/aromatic N) is 4. The van der Waals surface area contributed by atoms with Gasteiger partial charge >= 0.3 is 5.97 Å². The number of carbonyl (C=O) groups is 1. The van der Waals surface area contributed by atoms with Crippen LogP contribution in [-0.2, 0) is 27.5 Å². The summed E-state index contributed by atoms with van der Waals surface area (Å²) in [7, 11) is 3.61. The third-order valence-corrected chi connectivity index (χ3v) is 4.68. The van der Waals surface area contributed by atoms with Crippen molar-refractivity contribution in [3.05, 3.63) is 54.1 Å². The van der Waals surface area contributed by atoms with Crippen LogP contribution in [0.1, 0.15) is 18.2 Å². The van der Waals surface area contributed by atoms with Crippen LogP contribution in [0.25, 0.3) is 11.1 Å². The number of ether oxygens (including phenoxy) is 2. The van der Waals surface area contributed by atoms with Gasteiger partial charge in [-0.05, 0) is 29.3 Å².